The summed E-state index contributed by atoms with van der Waals surface area (Å²) in [6.45, 7) is 10.0. The molecule has 0 amide bonds. The second-order valence-corrected chi connectivity index (χ2v) is 4.15. The van der Waals surface area contributed by atoms with E-state index in [1.54, 1.807) is 12.3 Å². The summed E-state index contributed by atoms with van der Waals surface area (Å²) in [5.41, 5.74) is 3.33. The minimum atomic E-state index is -0.283. The molecular formula is C20H26O2S. The Morgan fingerprint density at radius 2 is 1.83 bits per heavy atom. The summed E-state index contributed by atoms with van der Waals surface area (Å²) in [7, 11) is 0. The molecule has 1 aromatic carbocycles. The van der Waals surface area contributed by atoms with Crippen LogP contribution in [-0.4, -0.2) is 18.8 Å². The zero-order valence-corrected chi connectivity index (χ0v) is 15.3. The third-order valence-electron chi connectivity index (χ3n) is 2.95. The maximum absolute atomic E-state index is 11.9. The molecule has 1 aliphatic rings. The van der Waals surface area contributed by atoms with Crippen LogP contribution in [0.4, 0.5) is 0 Å². The second kappa shape index (κ2) is 12.5. The third kappa shape index (κ3) is 5.95. The molecule has 3 heteroatoms. The van der Waals surface area contributed by atoms with Crippen LogP contribution in [0, 0.1) is 0 Å². The predicted molar refractivity (Wildman–Crippen MR) is 104 cm³/mol. The summed E-state index contributed by atoms with van der Waals surface area (Å²) in [6.07, 6.45) is 9.05. The molecule has 23 heavy (non-hydrogen) atoms. The Kier molecular flexibility index (Phi) is 11.4. The average molecular weight is 330 g/mol. The molecule has 1 aromatic rings. The number of thiol groups is 1. The van der Waals surface area contributed by atoms with Gasteiger partial charge in [-0.3, -0.25) is 0 Å². The number of ether oxygens (including phenoxy) is 1. The number of cyclic esters (lactones) is 1. The minimum Gasteiger partial charge on any atom is -0.457 e. The number of benzene rings is 1. The van der Waals surface area contributed by atoms with Crippen molar-refractivity contribution in [1.29, 1.82) is 0 Å². The van der Waals surface area contributed by atoms with Crippen molar-refractivity contribution in [2.24, 2.45) is 0 Å². The van der Waals surface area contributed by atoms with Gasteiger partial charge in [0.25, 0.3) is 0 Å². The molecule has 0 saturated heterocycles. The van der Waals surface area contributed by atoms with Crippen LogP contribution in [-0.2, 0) is 9.53 Å². The van der Waals surface area contributed by atoms with Gasteiger partial charge in [0.1, 0.15) is 6.61 Å². The minimum absolute atomic E-state index is 0.283. The van der Waals surface area contributed by atoms with Crippen molar-refractivity contribution in [3.05, 3.63) is 77.9 Å². The molecule has 2 nitrogen and oxygen atoms in total. The average Bonchev–Trinajstić information content (AvgIpc) is 3.02. The van der Waals surface area contributed by atoms with E-state index in [4.69, 9.17) is 4.74 Å². The van der Waals surface area contributed by atoms with Crippen LogP contribution in [0.1, 0.15) is 26.3 Å². The first-order valence-corrected chi connectivity index (χ1v) is 8.53. The van der Waals surface area contributed by atoms with Crippen molar-refractivity contribution in [2.75, 3.05) is 12.9 Å². The first-order valence-electron chi connectivity index (χ1n) is 7.64. The maximum atomic E-state index is 11.9. The monoisotopic (exact) mass is 330 g/mol. The van der Waals surface area contributed by atoms with Crippen molar-refractivity contribution in [1.82, 2.24) is 0 Å². The first kappa shape index (κ1) is 21.0. The lowest BCUT2D eigenvalue weighted by atomic mass is 9.96. The predicted octanol–water partition coefficient (Wildman–Crippen LogP) is 5.26. The van der Waals surface area contributed by atoms with Gasteiger partial charge in [-0.2, -0.15) is 12.6 Å². The van der Waals surface area contributed by atoms with E-state index in [0.717, 1.165) is 16.7 Å². The summed E-state index contributed by atoms with van der Waals surface area (Å²) in [5, 5.41) is 0. The zero-order valence-electron chi connectivity index (χ0n) is 14.4. The van der Waals surface area contributed by atoms with Crippen LogP contribution in [0.25, 0.3) is 5.57 Å². The van der Waals surface area contributed by atoms with Crippen LogP contribution in [0.15, 0.2) is 72.4 Å². The largest absolute Gasteiger partial charge is 0.457 e. The van der Waals surface area contributed by atoms with E-state index in [1.165, 1.54) is 0 Å². The van der Waals surface area contributed by atoms with Crippen LogP contribution in [0.2, 0.25) is 0 Å². The summed E-state index contributed by atoms with van der Waals surface area (Å²) >= 11 is 3.53. The molecule has 0 fully saturated rings. The van der Waals surface area contributed by atoms with Crippen LogP contribution >= 0.6 is 12.6 Å². The highest BCUT2D eigenvalue weighted by atomic mass is 32.1. The van der Waals surface area contributed by atoms with E-state index >= 15 is 0 Å². The van der Waals surface area contributed by atoms with Gasteiger partial charge in [0.05, 0.1) is 5.57 Å². The smallest absolute Gasteiger partial charge is 0.339 e. The Hall–Kier alpha value is -2.00. The Labute approximate surface area is 145 Å². The molecular weight excluding hydrogens is 304 g/mol. The third-order valence-corrected chi connectivity index (χ3v) is 2.95. The molecule has 0 saturated carbocycles. The fourth-order valence-electron chi connectivity index (χ4n) is 2.02. The van der Waals surface area contributed by atoms with E-state index < -0.39 is 0 Å². The number of carbonyl (C=O) groups excluding carboxylic acids is 1. The molecule has 1 heterocycles. The van der Waals surface area contributed by atoms with Crippen LogP contribution in [0.3, 0.4) is 0 Å². The van der Waals surface area contributed by atoms with Crippen molar-refractivity contribution in [2.45, 2.75) is 20.8 Å². The lowest BCUT2D eigenvalue weighted by Crippen LogP contribution is -2.00. The summed E-state index contributed by atoms with van der Waals surface area (Å²) in [5.74, 6) is -0.283. The molecule has 0 N–H and O–H groups in total. The molecule has 0 aromatic heterocycles. The standard InChI is InChI=1S/C17H16O2.C2H6.CH4S/c1-3-5-9-13(4-2)16-15(12-19-17(16)18)14-10-7-6-8-11-14;2*1-2/h3-11H,2,12H2,1H3;1-2H3;2H,1H3/b5-3-,13-9+;;. The van der Waals surface area contributed by atoms with Gasteiger partial charge in [0, 0.05) is 5.57 Å². The lowest BCUT2D eigenvalue weighted by molar-refractivity contribution is -0.135. The SMILES string of the molecule is C=C/C(=C\C=C/C)C1=C(c2ccccc2)COC1=O.CC.CS. The number of allylic oxidation sites excluding steroid dienone is 4. The van der Waals surface area contributed by atoms with Gasteiger partial charge in [0.2, 0.25) is 0 Å². The Bertz CT molecular complexity index is 581. The van der Waals surface area contributed by atoms with E-state index in [0.29, 0.717) is 12.2 Å². The van der Waals surface area contributed by atoms with Gasteiger partial charge in [-0.25, -0.2) is 4.79 Å². The second-order valence-electron chi connectivity index (χ2n) is 4.15. The number of esters is 1. The van der Waals surface area contributed by atoms with E-state index in [9.17, 15) is 4.79 Å². The van der Waals surface area contributed by atoms with Gasteiger partial charge in [0.15, 0.2) is 0 Å². The maximum Gasteiger partial charge on any atom is 0.339 e. The fourth-order valence-corrected chi connectivity index (χ4v) is 2.02. The zero-order chi connectivity index (χ0) is 17.7. The lowest BCUT2D eigenvalue weighted by Gasteiger charge is -2.04. The van der Waals surface area contributed by atoms with E-state index in [2.05, 4.69) is 19.2 Å². The fraction of sp³-hybridized carbons (Fsp3) is 0.250. The quantitative estimate of drug-likeness (QED) is 0.463. The number of rotatable bonds is 4. The molecule has 1 aliphatic heterocycles. The molecule has 0 radical (unpaired) electrons. The highest BCUT2D eigenvalue weighted by Gasteiger charge is 2.27. The molecule has 0 atom stereocenters. The molecule has 0 aliphatic carbocycles. The molecule has 0 bridgehead atoms. The Morgan fingerprint density at radius 1 is 1.22 bits per heavy atom. The number of carbonyl (C=O) groups is 1. The van der Waals surface area contributed by atoms with Crippen molar-refractivity contribution in [3.8, 4) is 0 Å². The molecule has 2 rings (SSSR count). The van der Waals surface area contributed by atoms with Crippen molar-refractivity contribution >= 4 is 24.2 Å². The topological polar surface area (TPSA) is 26.3 Å². The van der Waals surface area contributed by atoms with E-state index in [-0.39, 0.29) is 5.97 Å². The van der Waals surface area contributed by atoms with Gasteiger partial charge in [-0.15, -0.1) is 0 Å². The number of hydrogen-bond acceptors (Lipinski definition) is 3. The van der Waals surface area contributed by atoms with Crippen LogP contribution in [0.5, 0.6) is 0 Å². The van der Waals surface area contributed by atoms with Gasteiger partial charge in [-0.05, 0) is 24.3 Å². The van der Waals surface area contributed by atoms with Crippen molar-refractivity contribution in [3.63, 3.8) is 0 Å². The normalized spacial score (nSPS) is 13.8. The highest BCUT2D eigenvalue weighted by molar-refractivity contribution is 7.79. The van der Waals surface area contributed by atoms with Gasteiger partial charge in [-0.1, -0.05) is 75.1 Å². The first-order chi connectivity index (χ1) is 11.3. The number of hydrogen-bond donors (Lipinski definition) is 1. The van der Waals surface area contributed by atoms with Crippen molar-refractivity contribution < 1.29 is 9.53 Å². The van der Waals surface area contributed by atoms with Crippen LogP contribution < -0.4 is 0 Å². The Morgan fingerprint density at radius 3 is 2.35 bits per heavy atom. The molecule has 0 spiro atoms. The summed E-state index contributed by atoms with van der Waals surface area (Å²) in [6, 6.07) is 9.81. The highest BCUT2D eigenvalue weighted by Crippen LogP contribution is 2.30. The van der Waals surface area contributed by atoms with Gasteiger partial charge >= 0.3 is 5.97 Å². The van der Waals surface area contributed by atoms with Gasteiger partial charge < -0.3 is 4.74 Å². The summed E-state index contributed by atoms with van der Waals surface area (Å²) in [4.78, 5) is 11.9. The molecule has 124 valence electrons. The summed E-state index contributed by atoms with van der Waals surface area (Å²) < 4.78 is 5.17. The van der Waals surface area contributed by atoms with E-state index in [1.807, 2.05) is 69.3 Å². The Balaban J connectivity index is 0.00000112. The molecule has 0 unspecified atom stereocenters.